The van der Waals surface area contributed by atoms with Gasteiger partial charge < -0.3 is 19.3 Å². The number of halogens is 2. The van der Waals surface area contributed by atoms with Crippen LogP contribution in [0.15, 0.2) is 30.3 Å². The van der Waals surface area contributed by atoms with Crippen molar-refractivity contribution in [2.24, 2.45) is 0 Å². The molecule has 1 unspecified atom stereocenters. The number of nitrogens with zero attached hydrogens (tertiary/aromatic N) is 5. The molecular weight excluding hydrogens is 528 g/mol. The van der Waals surface area contributed by atoms with Crippen LogP contribution in [0.25, 0.3) is 32.9 Å². The highest BCUT2D eigenvalue weighted by Crippen LogP contribution is 2.41. The number of rotatable bonds is 2. The summed E-state index contributed by atoms with van der Waals surface area (Å²) < 4.78 is 42.2. The zero-order chi connectivity index (χ0) is 29.1. The van der Waals surface area contributed by atoms with Crippen LogP contribution >= 0.6 is 0 Å². The first-order valence-electron chi connectivity index (χ1n) is 13.5. The van der Waals surface area contributed by atoms with E-state index in [0.29, 0.717) is 65.7 Å². The van der Waals surface area contributed by atoms with Gasteiger partial charge in [0.05, 0.1) is 23.8 Å². The minimum atomic E-state index is -0.670. The Morgan fingerprint density at radius 3 is 2.63 bits per heavy atom. The van der Waals surface area contributed by atoms with Gasteiger partial charge in [0, 0.05) is 36.6 Å². The van der Waals surface area contributed by atoms with Gasteiger partial charge in [0.1, 0.15) is 28.4 Å². The number of piperazine rings is 1. The van der Waals surface area contributed by atoms with Crippen LogP contribution in [-0.2, 0) is 11.2 Å². The van der Waals surface area contributed by atoms with Crippen LogP contribution in [0.2, 0.25) is 0 Å². The highest BCUT2D eigenvalue weighted by Gasteiger charge is 2.37. The van der Waals surface area contributed by atoms with Crippen LogP contribution in [0.3, 0.4) is 0 Å². The van der Waals surface area contributed by atoms with Crippen LogP contribution < -0.4 is 9.64 Å². The summed E-state index contributed by atoms with van der Waals surface area (Å²) in [6.45, 7) is 6.81. The summed E-state index contributed by atoms with van der Waals surface area (Å²) in [5.74, 6) is 1.70. The molecule has 41 heavy (non-hydrogen) atoms. The van der Waals surface area contributed by atoms with Crippen molar-refractivity contribution in [3.63, 3.8) is 0 Å². The van der Waals surface area contributed by atoms with Crippen molar-refractivity contribution >= 4 is 33.6 Å². The van der Waals surface area contributed by atoms with Gasteiger partial charge in [-0.25, -0.2) is 18.6 Å². The van der Waals surface area contributed by atoms with E-state index in [2.05, 4.69) is 20.8 Å². The Kier molecular flexibility index (Phi) is 6.40. The van der Waals surface area contributed by atoms with E-state index in [9.17, 15) is 9.18 Å². The highest BCUT2D eigenvalue weighted by atomic mass is 19.1. The molecule has 0 spiro atoms. The van der Waals surface area contributed by atoms with E-state index in [-0.39, 0.29) is 34.9 Å². The summed E-state index contributed by atoms with van der Waals surface area (Å²) in [5, 5.41) is 1.58. The number of hydrogen-bond acceptors (Lipinski definition) is 7. The third-order valence-electron chi connectivity index (χ3n) is 7.52. The second-order valence-electron chi connectivity index (χ2n) is 11.3. The second-order valence-corrected chi connectivity index (χ2v) is 11.3. The van der Waals surface area contributed by atoms with Crippen LogP contribution in [0.1, 0.15) is 38.4 Å². The van der Waals surface area contributed by atoms with Crippen LogP contribution in [0.4, 0.5) is 19.4 Å². The zero-order valence-electron chi connectivity index (χ0n) is 23.3. The topological polar surface area (TPSA) is 80.7 Å². The van der Waals surface area contributed by atoms with Gasteiger partial charge >= 0.3 is 12.1 Å². The maximum Gasteiger partial charge on any atom is 0.410 e. The van der Waals surface area contributed by atoms with Crippen molar-refractivity contribution in [2.75, 3.05) is 31.6 Å². The molecule has 1 fully saturated rings. The van der Waals surface area contributed by atoms with Crippen molar-refractivity contribution in [1.82, 2.24) is 19.9 Å². The van der Waals surface area contributed by atoms with Crippen LogP contribution in [0.5, 0.6) is 6.01 Å². The molecule has 2 aliphatic heterocycles. The highest BCUT2D eigenvalue weighted by molar-refractivity contribution is 6.02. The normalized spacial score (nSPS) is 16.8. The molecule has 4 aromatic rings. The van der Waals surface area contributed by atoms with E-state index in [1.54, 1.807) is 29.2 Å². The number of fused-ring (bicyclic) bond motifs is 3. The maximum atomic E-state index is 16.5. The number of pyridine rings is 1. The number of aromatic nitrogens is 3. The Balaban J connectivity index is 1.51. The molecule has 2 aromatic carbocycles. The number of carbonyl (C=O) groups is 1. The lowest BCUT2D eigenvalue weighted by atomic mass is 9.95. The number of methoxy groups -OCH3 is 1. The molecule has 1 atom stereocenters. The first-order chi connectivity index (χ1) is 19.6. The first kappa shape index (κ1) is 26.7. The van der Waals surface area contributed by atoms with Gasteiger partial charge in [0.15, 0.2) is 5.82 Å². The molecule has 1 amide bonds. The fraction of sp³-hybridized carbons (Fsp3) is 0.355. The Morgan fingerprint density at radius 2 is 1.90 bits per heavy atom. The number of carbonyl (C=O) groups excluding carboxylic acids is 1. The third-order valence-corrected chi connectivity index (χ3v) is 7.52. The largest absolute Gasteiger partial charge is 0.467 e. The standard InChI is InChI=1S/C31H29F2N5O3/c1-6-19-21(32)12-10-17-8-7-9-20(23(17)19)26-25(33)27-24-22(34-26)13-11-18-16-37(30(39)41-31(2,3)4)14-15-38(18)28(24)36-29(35-27)40-5/h1,7-10,12,18H,11,13-16H2,2-5H3. The minimum Gasteiger partial charge on any atom is -0.467 e. The summed E-state index contributed by atoms with van der Waals surface area (Å²) in [7, 11) is 1.43. The Morgan fingerprint density at radius 1 is 1.10 bits per heavy atom. The predicted molar refractivity (Wildman–Crippen MR) is 152 cm³/mol. The molecule has 0 radical (unpaired) electrons. The smallest absolute Gasteiger partial charge is 0.410 e. The van der Waals surface area contributed by atoms with Gasteiger partial charge in [-0.2, -0.15) is 9.97 Å². The SMILES string of the molecule is C#Cc1c(F)ccc2cccc(-c3nc4c5c(nc(OC)nc5c3F)N3CCN(C(=O)OC(C)(C)C)CC3CC4)c12. The Bertz CT molecular complexity index is 1760. The number of aryl methyl sites for hydroxylation is 1. The average Bonchev–Trinajstić information content (AvgIpc) is 3.10. The molecule has 0 saturated carbocycles. The molecule has 0 bridgehead atoms. The van der Waals surface area contributed by atoms with Gasteiger partial charge in [0.25, 0.3) is 0 Å². The molecule has 1 saturated heterocycles. The lowest BCUT2D eigenvalue weighted by molar-refractivity contribution is 0.0212. The quantitative estimate of drug-likeness (QED) is 0.302. The van der Waals surface area contributed by atoms with Crippen molar-refractivity contribution in [3.05, 3.63) is 53.2 Å². The monoisotopic (exact) mass is 557 g/mol. The van der Waals surface area contributed by atoms with E-state index >= 15 is 4.39 Å². The van der Waals surface area contributed by atoms with E-state index in [0.717, 1.165) is 0 Å². The fourth-order valence-electron chi connectivity index (χ4n) is 5.73. The maximum absolute atomic E-state index is 16.5. The van der Waals surface area contributed by atoms with Gasteiger partial charge in [-0.05, 0) is 45.1 Å². The zero-order valence-corrected chi connectivity index (χ0v) is 23.3. The van der Waals surface area contributed by atoms with E-state index < -0.39 is 17.2 Å². The number of amides is 1. The van der Waals surface area contributed by atoms with E-state index in [4.69, 9.17) is 20.9 Å². The number of benzene rings is 2. The van der Waals surface area contributed by atoms with Crippen LogP contribution in [-0.4, -0.2) is 64.3 Å². The molecule has 6 rings (SSSR count). The summed E-state index contributed by atoms with van der Waals surface area (Å²) in [5.41, 5.74) is 0.526. The predicted octanol–water partition coefficient (Wildman–Crippen LogP) is 5.49. The lowest BCUT2D eigenvalue weighted by Gasteiger charge is -2.41. The lowest BCUT2D eigenvalue weighted by Crippen LogP contribution is -2.55. The molecule has 0 aliphatic carbocycles. The van der Waals surface area contributed by atoms with Gasteiger partial charge in [-0.15, -0.1) is 6.42 Å². The Labute approximate surface area is 236 Å². The summed E-state index contributed by atoms with van der Waals surface area (Å²) in [6, 6.07) is 8.06. The number of anilines is 1. The van der Waals surface area contributed by atoms with Crippen LogP contribution in [0, 0.1) is 24.0 Å². The molecule has 4 heterocycles. The van der Waals surface area contributed by atoms with Crippen molar-refractivity contribution in [3.8, 4) is 29.6 Å². The number of hydrogen-bond donors (Lipinski definition) is 0. The molecule has 2 aromatic heterocycles. The molecule has 210 valence electrons. The van der Waals surface area contributed by atoms with Crippen molar-refractivity contribution in [2.45, 2.75) is 45.3 Å². The summed E-state index contributed by atoms with van der Waals surface area (Å²) in [6.07, 6.45) is 6.43. The fourth-order valence-corrected chi connectivity index (χ4v) is 5.73. The van der Waals surface area contributed by atoms with E-state index in [1.165, 1.54) is 13.2 Å². The number of terminal acetylenes is 1. The molecule has 2 aliphatic rings. The Hall–Kier alpha value is -4.52. The van der Waals surface area contributed by atoms with Gasteiger partial charge in [-0.3, -0.25) is 0 Å². The molecule has 8 nitrogen and oxygen atoms in total. The molecule has 10 heteroatoms. The molecular formula is C31H29F2N5O3. The minimum absolute atomic E-state index is 0.0120. The van der Waals surface area contributed by atoms with E-state index in [1.807, 2.05) is 20.8 Å². The second kappa shape index (κ2) is 9.84. The summed E-state index contributed by atoms with van der Waals surface area (Å²) >= 11 is 0. The van der Waals surface area contributed by atoms with Gasteiger partial charge in [0.2, 0.25) is 0 Å². The van der Waals surface area contributed by atoms with Crippen molar-refractivity contribution < 1.29 is 23.0 Å². The first-order valence-corrected chi connectivity index (χ1v) is 13.5. The van der Waals surface area contributed by atoms with Gasteiger partial charge in [-0.1, -0.05) is 30.2 Å². The van der Waals surface area contributed by atoms with Crippen molar-refractivity contribution in [1.29, 1.82) is 0 Å². The third kappa shape index (κ3) is 4.55. The number of ether oxygens (including phenoxy) is 2. The summed E-state index contributed by atoms with van der Waals surface area (Å²) in [4.78, 5) is 30.5. The average molecular weight is 558 g/mol. The molecule has 0 N–H and O–H groups in total.